The Hall–Kier alpha value is -2.86. The van der Waals surface area contributed by atoms with Crippen molar-refractivity contribution in [3.63, 3.8) is 0 Å². The molecule has 172 valence electrons. The van der Waals surface area contributed by atoms with Crippen molar-refractivity contribution >= 4 is 17.6 Å². The van der Waals surface area contributed by atoms with Crippen LogP contribution in [-0.2, 0) is 30.9 Å². The molecule has 0 saturated carbocycles. The second-order valence-electron chi connectivity index (χ2n) is 8.47. The highest BCUT2D eigenvalue weighted by Crippen LogP contribution is 2.25. The Morgan fingerprint density at radius 3 is 2.12 bits per heavy atom. The number of aliphatic carboxylic acids is 1. The van der Waals surface area contributed by atoms with Gasteiger partial charge in [-0.15, -0.1) is 0 Å². The maximum Gasteiger partial charge on any atom is 0.307 e. The number of ether oxygens (including phenoxy) is 1. The van der Waals surface area contributed by atoms with Gasteiger partial charge >= 0.3 is 5.97 Å². The van der Waals surface area contributed by atoms with E-state index in [4.69, 9.17) is 16.3 Å². The summed E-state index contributed by atoms with van der Waals surface area (Å²) < 4.78 is 6.14. The van der Waals surface area contributed by atoms with Crippen LogP contribution in [0.15, 0.2) is 72.8 Å². The summed E-state index contributed by atoms with van der Waals surface area (Å²) in [6.45, 7) is 6.09. The van der Waals surface area contributed by atoms with Gasteiger partial charge in [-0.2, -0.15) is 0 Å². The zero-order valence-electron chi connectivity index (χ0n) is 18.6. The standard InChI is InChI=1S/C27H29ClN2O3/c28-25-9-6-22(7-10-25)20-33-26-11-8-23(17-27(31)32)16-24(26)19-30-14-12-29(13-15-30)18-21-4-2-1-3-5-21/h1-11,16H,12-15,17-20H2,(H,31,32). The quantitative estimate of drug-likeness (QED) is 0.490. The van der Waals surface area contributed by atoms with Crippen LogP contribution in [0.25, 0.3) is 0 Å². The largest absolute Gasteiger partial charge is 0.489 e. The summed E-state index contributed by atoms with van der Waals surface area (Å²) in [5.74, 6) is -0.0314. The topological polar surface area (TPSA) is 53.0 Å². The average molecular weight is 465 g/mol. The smallest absolute Gasteiger partial charge is 0.307 e. The van der Waals surface area contributed by atoms with E-state index < -0.39 is 5.97 Å². The monoisotopic (exact) mass is 464 g/mol. The number of halogens is 1. The first-order valence-electron chi connectivity index (χ1n) is 11.2. The molecule has 0 atom stereocenters. The van der Waals surface area contributed by atoms with Gasteiger partial charge in [0, 0.05) is 49.9 Å². The van der Waals surface area contributed by atoms with Crippen molar-refractivity contribution in [2.75, 3.05) is 26.2 Å². The van der Waals surface area contributed by atoms with Gasteiger partial charge in [-0.1, -0.05) is 66.2 Å². The first-order chi connectivity index (χ1) is 16.0. The Morgan fingerprint density at radius 2 is 1.45 bits per heavy atom. The molecular weight excluding hydrogens is 436 g/mol. The fraction of sp³-hybridized carbons (Fsp3) is 0.296. The molecule has 1 heterocycles. The van der Waals surface area contributed by atoms with Crippen molar-refractivity contribution < 1.29 is 14.6 Å². The minimum absolute atomic E-state index is 0.00924. The van der Waals surface area contributed by atoms with Crippen LogP contribution in [0, 0.1) is 0 Å². The molecule has 0 aliphatic carbocycles. The van der Waals surface area contributed by atoms with Gasteiger partial charge in [-0.25, -0.2) is 0 Å². The number of carboxylic acids is 1. The average Bonchev–Trinajstić information content (AvgIpc) is 2.81. The number of hydrogen-bond acceptors (Lipinski definition) is 4. The summed E-state index contributed by atoms with van der Waals surface area (Å²) in [6.07, 6.45) is 0.00924. The first kappa shape index (κ1) is 23.3. The summed E-state index contributed by atoms with van der Waals surface area (Å²) in [6, 6.07) is 23.9. The zero-order chi connectivity index (χ0) is 23.0. The van der Waals surface area contributed by atoms with Gasteiger partial charge in [0.25, 0.3) is 0 Å². The van der Waals surface area contributed by atoms with Crippen molar-refractivity contribution in [2.24, 2.45) is 0 Å². The third-order valence-corrected chi connectivity index (χ3v) is 6.15. The molecule has 1 aliphatic heterocycles. The van der Waals surface area contributed by atoms with Gasteiger partial charge in [-0.3, -0.25) is 14.6 Å². The summed E-state index contributed by atoms with van der Waals surface area (Å²) in [5.41, 5.74) is 4.19. The van der Waals surface area contributed by atoms with Gasteiger partial charge in [0.15, 0.2) is 0 Å². The normalized spacial score (nSPS) is 14.8. The van der Waals surface area contributed by atoms with Crippen LogP contribution in [0.5, 0.6) is 5.75 Å². The predicted molar refractivity (Wildman–Crippen MR) is 131 cm³/mol. The summed E-state index contributed by atoms with van der Waals surface area (Å²) >= 11 is 5.98. The van der Waals surface area contributed by atoms with Crippen molar-refractivity contribution in [3.05, 3.63) is 100 Å². The molecule has 0 amide bonds. The van der Waals surface area contributed by atoms with E-state index in [2.05, 4.69) is 34.1 Å². The number of hydrogen-bond donors (Lipinski definition) is 1. The highest BCUT2D eigenvalue weighted by atomic mass is 35.5. The van der Waals surface area contributed by atoms with Crippen molar-refractivity contribution in [1.82, 2.24) is 9.80 Å². The Labute approximate surface area is 200 Å². The van der Waals surface area contributed by atoms with E-state index in [0.717, 1.165) is 61.7 Å². The lowest BCUT2D eigenvalue weighted by molar-refractivity contribution is -0.136. The molecule has 3 aromatic rings. The molecule has 1 fully saturated rings. The van der Waals surface area contributed by atoms with E-state index >= 15 is 0 Å². The molecule has 1 N–H and O–H groups in total. The fourth-order valence-corrected chi connectivity index (χ4v) is 4.24. The second-order valence-corrected chi connectivity index (χ2v) is 8.90. The molecule has 0 aromatic heterocycles. The zero-order valence-corrected chi connectivity index (χ0v) is 19.4. The minimum atomic E-state index is -0.828. The molecule has 0 unspecified atom stereocenters. The molecule has 6 heteroatoms. The molecule has 1 saturated heterocycles. The van der Waals surface area contributed by atoms with E-state index in [9.17, 15) is 9.90 Å². The van der Waals surface area contributed by atoms with Gasteiger partial charge in [-0.05, 0) is 34.9 Å². The van der Waals surface area contributed by atoms with Gasteiger partial charge in [0.1, 0.15) is 12.4 Å². The van der Waals surface area contributed by atoms with E-state index in [1.165, 1.54) is 5.56 Å². The highest BCUT2D eigenvalue weighted by molar-refractivity contribution is 6.30. The predicted octanol–water partition coefficient (Wildman–Crippen LogP) is 4.86. The fourth-order valence-electron chi connectivity index (χ4n) is 4.11. The van der Waals surface area contributed by atoms with Crippen LogP contribution in [0.1, 0.15) is 22.3 Å². The van der Waals surface area contributed by atoms with E-state index in [-0.39, 0.29) is 6.42 Å². The number of piperazine rings is 1. The Morgan fingerprint density at radius 1 is 0.818 bits per heavy atom. The van der Waals surface area contributed by atoms with E-state index in [0.29, 0.717) is 11.6 Å². The maximum atomic E-state index is 11.2. The lowest BCUT2D eigenvalue weighted by Crippen LogP contribution is -2.45. The molecule has 33 heavy (non-hydrogen) atoms. The Bertz CT molecular complexity index is 1050. The molecule has 1 aliphatic rings. The molecule has 5 nitrogen and oxygen atoms in total. The van der Waals surface area contributed by atoms with Crippen LogP contribution >= 0.6 is 11.6 Å². The summed E-state index contributed by atoms with van der Waals surface area (Å²) in [4.78, 5) is 16.1. The SMILES string of the molecule is O=C(O)Cc1ccc(OCc2ccc(Cl)cc2)c(CN2CCN(Cc3ccccc3)CC2)c1. The maximum absolute atomic E-state index is 11.2. The minimum Gasteiger partial charge on any atom is -0.489 e. The van der Waals surface area contributed by atoms with E-state index in [1.54, 1.807) is 0 Å². The van der Waals surface area contributed by atoms with Crippen LogP contribution < -0.4 is 4.74 Å². The van der Waals surface area contributed by atoms with Crippen LogP contribution in [0.3, 0.4) is 0 Å². The first-order valence-corrected chi connectivity index (χ1v) is 11.6. The third kappa shape index (κ3) is 7.06. The number of rotatable bonds is 9. The van der Waals surface area contributed by atoms with Gasteiger partial charge < -0.3 is 9.84 Å². The van der Waals surface area contributed by atoms with Crippen molar-refractivity contribution in [3.8, 4) is 5.75 Å². The van der Waals surface area contributed by atoms with E-state index in [1.807, 2.05) is 48.5 Å². The summed E-state index contributed by atoms with van der Waals surface area (Å²) in [7, 11) is 0. The third-order valence-electron chi connectivity index (χ3n) is 5.90. The molecule has 0 spiro atoms. The van der Waals surface area contributed by atoms with Crippen LogP contribution in [0.2, 0.25) is 5.02 Å². The molecule has 0 radical (unpaired) electrons. The number of carbonyl (C=O) groups is 1. The molecule has 4 rings (SSSR count). The Kier molecular flexibility index (Phi) is 8.00. The molecule has 0 bridgehead atoms. The number of benzene rings is 3. The van der Waals surface area contributed by atoms with Gasteiger partial charge in [0.2, 0.25) is 0 Å². The van der Waals surface area contributed by atoms with Crippen molar-refractivity contribution in [2.45, 2.75) is 26.1 Å². The highest BCUT2D eigenvalue weighted by Gasteiger charge is 2.19. The lowest BCUT2D eigenvalue weighted by Gasteiger charge is -2.35. The second kappa shape index (κ2) is 11.3. The number of nitrogens with zero attached hydrogens (tertiary/aromatic N) is 2. The number of carboxylic acid groups (broad SMARTS) is 1. The summed E-state index contributed by atoms with van der Waals surface area (Å²) in [5, 5.41) is 9.91. The van der Waals surface area contributed by atoms with Gasteiger partial charge in [0.05, 0.1) is 6.42 Å². The van der Waals surface area contributed by atoms with Crippen LogP contribution in [-0.4, -0.2) is 47.1 Å². The van der Waals surface area contributed by atoms with Crippen LogP contribution in [0.4, 0.5) is 0 Å². The lowest BCUT2D eigenvalue weighted by atomic mass is 10.1. The molecular formula is C27H29ClN2O3. The Balaban J connectivity index is 1.40. The molecule has 3 aromatic carbocycles. The van der Waals surface area contributed by atoms with Crippen molar-refractivity contribution in [1.29, 1.82) is 0 Å².